The van der Waals surface area contributed by atoms with Gasteiger partial charge in [-0.15, -0.1) is 0 Å². The second-order valence-corrected chi connectivity index (χ2v) is 13.1. The first-order chi connectivity index (χ1) is 23.8. The third-order valence-electron chi connectivity index (χ3n) is 9.56. The molecule has 0 radical (unpaired) electrons. The molecular weight excluding hydrogens is 608 g/mol. The first-order valence-electron chi connectivity index (χ1n) is 16.5. The lowest BCUT2D eigenvalue weighted by atomic mass is 9.82. The molecule has 0 fully saturated rings. The van der Waals surface area contributed by atoms with Crippen LogP contribution in [0.1, 0.15) is 47.2 Å². The maximum absolute atomic E-state index is 9.94. The number of fused-ring (bicyclic) bond motifs is 3. The Bertz CT molecular complexity index is 1890. The topological polar surface area (TPSA) is 87.4 Å². The zero-order chi connectivity index (χ0) is 34.1. The first-order valence-corrected chi connectivity index (χ1v) is 16.5. The van der Waals surface area contributed by atoms with E-state index < -0.39 is 0 Å². The minimum Gasteiger partial charge on any atom is -0.392 e. The van der Waals surface area contributed by atoms with Gasteiger partial charge in [-0.2, -0.15) is 0 Å². The van der Waals surface area contributed by atoms with Crippen LogP contribution in [0.5, 0.6) is 0 Å². The fraction of sp³-hybridized carbons (Fsp3) is 0.163. The van der Waals surface area contributed by atoms with E-state index in [1.807, 2.05) is 97.1 Å². The van der Waals surface area contributed by atoms with Gasteiger partial charge in [0.05, 0.1) is 26.4 Å². The normalized spacial score (nSPS) is 12.8. The van der Waals surface area contributed by atoms with Crippen LogP contribution < -0.4 is 9.80 Å². The average Bonchev–Trinajstić information content (AvgIpc) is 3.37. The van der Waals surface area contributed by atoms with E-state index in [4.69, 9.17) is 0 Å². The second-order valence-electron chi connectivity index (χ2n) is 13.1. The van der Waals surface area contributed by atoms with Crippen LogP contribution in [0.3, 0.4) is 0 Å². The van der Waals surface area contributed by atoms with E-state index in [0.29, 0.717) is 0 Å². The van der Waals surface area contributed by atoms with Crippen molar-refractivity contribution in [2.24, 2.45) is 0 Å². The third-order valence-corrected chi connectivity index (χ3v) is 9.56. The van der Waals surface area contributed by atoms with Gasteiger partial charge in [0, 0.05) is 39.5 Å². The summed E-state index contributed by atoms with van der Waals surface area (Å²) in [5.41, 5.74) is 13.3. The summed E-state index contributed by atoms with van der Waals surface area (Å²) < 4.78 is 0. The molecule has 0 spiro atoms. The van der Waals surface area contributed by atoms with Gasteiger partial charge in [0.1, 0.15) is 0 Å². The average molecular weight is 649 g/mol. The van der Waals surface area contributed by atoms with Crippen LogP contribution in [0.4, 0.5) is 34.1 Å². The van der Waals surface area contributed by atoms with Crippen molar-refractivity contribution in [3.05, 3.63) is 167 Å². The Balaban J connectivity index is 1.35. The number of aliphatic hydroxyl groups is 4. The maximum Gasteiger partial charge on any atom is 0.0682 e. The van der Waals surface area contributed by atoms with Crippen molar-refractivity contribution < 1.29 is 20.4 Å². The molecule has 0 bridgehead atoms. The Morgan fingerprint density at radius 2 is 0.673 bits per heavy atom. The van der Waals surface area contributed by atoms with Gasteiger partial charge in [-0.1, -0.05) is 74.5 Å². The van der Waals surface area contributed by atoms with Crippen LogP contribution >= 0.6 is 0 Å². The molecule has 7 rings (SSSR count). The van der Waals surface area contributed by atoms with Gasteiger partial charge in [0.15, 0.2) is 0 Å². The van der Waals surface area contributed by atoms with Crippen LogP contribution in [0.15, 0.2) is 133 Å². The van der Waals surface area contributed by atoms with Crippen molar-refractivity contribution >= 4 is 34.1 Å². The van der Waals surface area contributed by atoms with Crippen LogP contribution in [-0.4, -0.2) is 20.4 Å². The molecule has 6 aromatic carbocycles. The monoisotopic (exact) mass is 648 g/mol. The largest absolute Gasteiger partial charge is 0.392 e. The first kappa shape index (κ1) is 32.3. The zero-order valence-corrected chi connectivity index (χ0v) is 27.7. The van der Waals surface area contributed by atoms with Gasteiger partial charge in [0.25, 0.3) is 0 Å². The van der Waals surface area contributed by atoms with E-state index in [2.05, 4.69) is 60.0 Å². The molecule has 49 heavy (non-hydrogen) atoms. The van der Waals surface area contributed by atoms with E-state index in [0.717, 1.165) is 56.4 Å². The van der Waals surface area contributed by atoms with Gasteiger partial charge >= 0.3 is 0 Å². The van der Waals surface area contributed by atoms with Crippen LogP contribution in [-0.2, 0) is 31.8 Å². The summed E-state index contributed by atoms with van der Waals surface area (Å²) in [6.45, 7) is 4.30. The van der Waals surface area contributed by atoms with E-state index in [1.54, 1.807) is 0 Å². The summed E-state index contributed by atoms with van der Waals surface area (Å²) in [7, 11) is 0. The highest BCUT2D eigenvalue weighted by atomic mass is 16.3. The van der Waals surface area contributed by atoms with Gasteiger partial charge < -0.3 is 30.2 Å². The van der Waals surface area contributed by atoms with E-state index >= 15 is 0 Å². The SMILES string of the molecule is CC1(C)c2cc(N(c3cccc(CO)c3)c3cccc(CO)c3)ccc2-c2ccc(N(c3cccc(CO)c3)c3cccc(CO)c3)cc21. The quantitative estimate of drug-likeness (QED) is 0.119. The minimum atomic E-state index is -0.339. The van der Waals surface area contributed by atoms with Crippen LogP contribution in [0.2, 0.25) is 0 Å². The standard InChI is InChI=1S/C43H40N2O4/c1-43(2)41-23-37(44(33-11-3-7-29(19-33)25-46)34-12-4-8-30(20-34)26-47)15-17-39(41)40-18-16-38(24-42(40)43)45(35-13-5-9-31(21-35)27-48)36-14-6-10-32(22-36)28-49/h3-24,46-49H,25-28H2,1-2H3. The summed E-state index contributed by atoms with van der Waals surface area (Å²) >= 11 is 0. The van der Waals surface area contributed by atoms with Crippen molar-refractivity contribution in [2.45, 2.75) is 45.7 Å². The molecule has 0 unspecified atom stereocenters. The number of hydrogen-bond donors (Lipinski definition) is 4. The Hall–Kier alpha value is -5.24. The Kier molecular flexibility index (Phi) is 8.80. The van der Waals surface area contributed by atoms with Crippen molar-refractivity contribution in [1.82, 2.24) is 0 Å². The predicted octanol–water partition coefficient (Wildman–Crippen LogP) is 8.90. The molecule has 6 heteroatoms. The van der Waals surface area contributed by atoms with Crippen molar-refractivity contribution in [1.29, 1.82) is 0 Å². The summed E-state index contributed by atoms with van der Waals surface area (Å²) in [4.78, 5) is 4.35. The number of anilines is 6. The Morgan fingerprint density at radius 3 is 0.959 bits per heavy atom. The molecular formula is C43H40N2O4. The van der Waals surface area contributed by atoms with Crippen LogP contribution in [0.25, 0.3) is 11.1 Å². The molecule has 4 N–H and O–H groups in total. The summed E-state index contributed by atoms with van der Waals surface area (Å²) in [6, 6.07) is 44.8. The number of benzene rings is 6. The van der Waals surface area contributed by atoms with E-state index in [-0.39, 0.29) is 31.8 Å². The molecule has 0 saturated heterocycles. The summed E-state index contributed by atoms with van der Waals surface area (Å²) in [5.74, 6) is 0. The van der Waals surface area contributed by atoms with E-state index in [9.17, 15) is 20.4 Å². The summed E-state index contributed by atoms with van der Waals surface area (Å²) in [5, 5.41) is 39.8. The number of aliphatic hydroxyl groups excluding tert-OH is 4. The highest BCUT2D eigenvalue weighted by Gasteiger charge is 2.37. The molecule has 6 nitrogen and oxygen atoms in total. The number of rotatable bonds is 10. The maximum atomic E-state index is 9.94. The molecule has 1 aliphatic rings. The zero-order valence-electron chi connectivity index (χ0n) is 27.7. The predicted molar refractivity (Wildman–Crippen MR) is 197 cm³/mol. The van der Waals surface area contributed by atoms with Crippen molar-refractivity contribution in [3.63, 3.8) is 0 Å². The van der Waals surface area contributed by atoms with Gasteiger partial charge in [-0.25, -0.2) is 0 Å². The molecule has 246 valence electrons. The molecule has 0 saturated carbocycles. The molecule has 0 atom stereocenters. The molecule has 1 aliphatic carbocycles. The Morgan fingerprint density at radius 1 is 0.388 bits per heavy atom. The molecule has 0 amide bonds. The lowest BCUT2D eigenvalue weighted by Gasteiger charge is -2.29. The minimum absolute atomic E-state index is 0.0567. The highest BCUT2D eigenvalue weighted by molar-refractivity contribution is 5.88. The molecule has 6 aromatic rings. The molecule has 0 aliphatic heterocycles. The van der Waals surface area contributed by atoms with Gasteiger partial charge in [-0.3, -0.25) is 0 Å². The fourth-order valence-corrected chi connectivity index (χ4v) is 7.06. The molecule has 0 aromatic heterocycles. The van der Waals surface area contributed by atoms with Gasteiger partial charge in [0.2, 0.25) is 0 Å². The number of hydrogen-bond acceptors (Lipinski definition) is 6. The lowest BCUT2D eigenvalue weighted by molar-refractivity contribution is 0.281. The summed E-state index contributed by atoms with van der Waals surface area (Å²) in [6.07, 6.45) is 0. The Labute approximate surface area is 287 Å². The number of nitrogens with zero attached hydrogens (tertiary/aromatic N) is 2. The molecule has 0 heterocycles. The van der Waals surface area contributed by atoms with Crippen LogP contribution in [0, 0.1) is 0 Å². The second kappa shape index (κ2) is 13.3. The van der Waals surface area contributed by atoms with Crippen molar-refractivity contribution in [2.75, 3.05) is 9.80 Å². The van der Waals surface area contributed by atoms with Crippen molar-refractivity contribution in [3.8, 4) is 11.1 Å². The lowest BCUT2D eigenvalue weighted by Crippen LogP contribution is -2.18. The third kappa shape index (κ3) is 6.01. The van der Waals surface area contributed by atoms with Gasteiger partial charge in [-0.05, 0) is 117 Å². The fourth-order valence-electron chi connectivity index (χ4n) is 7.06. The smallest absolute Gasteiger partial charge is 0.0682 e. The van der Waals surface area contributed by atoms with E-state index in [1.165, 1.54) is 22.3 Å². The highest BCUT2D eigenvalue weighted by Crippen LogP contribution is 2.52.